The molecule has 4 nitrogen and oxygen atoms in total. The first kappa shape index (κ1) is 12.2. The van der Waals surface area contributed by atoms with Crippen molar-refractivity contribution in [3.05, 3.63) is 72.8 Å². The third kappa shape index (κ3) is 2.59. The summed E-state index contributed by atoms with van der Waals surface area (Å²) in [4.78, 5) is 15.9. The average molecular weight is 265 g/mol. The highest BCUT2D eigenvalue weighted by Gasteiger charge is 2.14. The minimum Gasteiger partial charge on any atom is -0.449 e. The minimum atomic E-state index is -0.522. The SMILES string of the molecule is O=C(Oc1ccccc1)c1ccc(-c2cccnc2)o1. The number of pyridine rings is 1. The van der Waals surface area contributed by atoms with Crippen molar-refractivity contribution in [2.75, 3.05) is 0 Å². The van der Waals surface area contributed by atoms with Gasteiger partial charge in [0, 0.05) is 18.0 Å². The highest BCUT2D eigenvalue weighted by atomic mass is 16.5. The van der Waals surface area contributed by atoms with E-state index in [4.69, 9.17) is 9.15 Å². The van der Waals surface area contributed by atoms with Crippen LogP contribution in [0.25, 0.3) is 11.3 Å². The Bertz CT molecular complexity index is 705. The van der Waals surface area contributed by atoms with Crippen LogP contribution in [0.3, 0.4) is 0 Å². The summed E-state index contributed by atoms with van der Waals surface area (Å²) in [5.74, 6) is 0.703. The van der Waals surface area contributed by atoms with Gasteiger partial charge < -0.3 is 9.15 Å². The fourth-order valence-electron chi connectivity index (χ4n) is 1.76. The Hall–Kier alpha value is -2.88. The number of hydrogen-bond acceptors (Lipinski definition) is 4. The molecule has 98 valence electrons. The topological polar surface area (TPSA) is 52.3 Å². The summed E-state index contributed by atoms with van der Waals surface area (Å²) in [6.45, 7) is 0. The molecule has 0 saturated heterocycles. The van der Waals surface area contributed by atoms with Crippen LogP contribution in [0.15, 0.2) is 71.4 Å². The number of ether oxygens (including phenoxy) is 1. The molecule has 3 aromatic rings. The molecule has 0 saturated carbocycles. The Morgan fingerprint density at radius 3 is 2.60 bits per heavy atom. The molecule has 0 fully saturated rings. The van der Waals surface area contributed by atoms with Crippen molar-refractivity contribution in [3.63, 3.8) is 0 Å². The van der Waals surface area contributed by atoms with E-state index in [1.54, 1.807) is 54.9 Å². The number of benzene rings is 1. The van der Waals surface area contributed by atoms with Gasteiger partial charge in [0.1, 0.15) is 11.5 Å². The predicted molar refractivity (Wildman–Crippen MR) is 73.3 cm³/mol. The first-order valence-electron chi connectivity index (χ1n) is 6.10. The van der Waals surface area contributed by atoms with Gasteiger partial charge in [-0.25, -0.2) is 4.79 Å². The predicted octanol–water partition coefficient (Wildman–Crippen LogP) is 3.56. The fourth-order valence-corrected chi connectivity index (χ4v) is 1.76. The highest BCUT2D eigenvalue weighted by Crippen LogP contribution is 2.22. The molecule has 0 aliphatic rings. The molecule has 20 heavy (non-hydrogen) atoms. The van der Waals surface area contributed by atoms with E-state index in [1.807, 2.05) is 12.1 Å². The molecule has 0 bridgehead atoms. The number of carbonyl (C=O) groups is 1. The third-order valence-electron chi connectivity index (χ3n) is 2.71. The van der Waals surface area contributed by atoms with Crippen molar-refractivity contribution in [2.45, 2.75) is 0 Å². The van der Waals surface area contributed by atoms with E-state index >= 15 is 0 Å². The molecule has 2 heterocycles. The summed E-state index contributed by atoms with van der Waals surface area (Å²) in [6.07, 6.45) is 3.35. The van der Waals surface area contributed by atoms with Crippen LogP contribution in [-0.4, -0.2) is 11.0 Å². The van der Waals surface area contributed by atoms with Crippen LogP contribution in [0, 0.1) is 0 Å². The fraction of sp³-hybridized carbons (Fsp3) is 0. The van der Waals surface area contributed by atoms with Crippen LogP contribution in [0.2, 0.25) is 0 Å². The van der Waals surface area contributed by atoms with Crippen LogP contribution >= 0.6 is 0 Å². The monoisotopic (exact) mass is 265 g/mol. The van der Waals surface area contributed by atoms with Crippen LogP contribution in [0.5, 0.6) is 5.75 Å². The van der Waals surface area contributed by atoms with Gasteiger partial charge in [-0.3, -0.25) is 4.98 Å². The molecule has 0 N–H and O–H groups in total. The molecule has 0 amide bonds. The molecule has 3 rings (SSSR count). The maximum absolute atomic E-state index is 11.9. The lowest BCUT2D eigenvalue weighted by molar-refractivity contribution is 0.0702. The van der Waals surface area contributed by atoms with Crippen molar-refractivity contribution in [2.24, 2.45) is 0 Å². The van der Waals surface area contributed by atoms with Gasteiger partial charge in [0.05, 0.1) is 0 Å². The smallest absolute Gasteiger partial charge is 0.379 e. The molecule has 0 radical (unpaired) electrons. The Morgan fingerprint density at radius 1 is 1.00 bits per heavy atom. The quantitative estimate of drug-likeness (QED) is 0.536. The number of esters is 1. The molecule has 0 unspecified atom stereocenters. The van der Waals surface area contributed by atoms with Crippen molar-refractivity contribution < 1.29 is 13.9 Å². The van der Waals surface area contributed by atoms with Crippen LogP contribution in [0.1, 0.15) is 10.6 Å². The minimum absolute atomic E-state index is 0.160. The summed E-state index contributed by atoms with van der Waals surface area (Å²) in [5.41, 5.74) is 0.811. The summed E-state index contributed by atoms with van der Waals surface area (Å²) >= 11 is 0. The Balaban J connectivity index is 1.79. The largest absolute Gasteiger partial charge is 0.449 e. The van der Waals surface area contributed by atoms with Crippen molar-refractivity contribution >= 4 is 5.97 Å². The molecule has 0 spiro atoms. The van der Waals surface area contributed by atoms with Crippen molar-refractivity contribution in [3.8, 4) is 17.1 Å². The van der Waals surface area contributed by atoms with Crippen LogP contribution in [-0.2, 0) is 0 Å². The first-order valence-corrected chi connectivity index (χ1v) is 6.10. The Labute approximate surface area is 115 Å². The van der Waals surface area contributed by atoms with E-state index in [0.717, 1.165) is 5.56 Å². The number of hydrogen-bond donors (Lipinski definition) is 0. The summed E-state index contributed by atoms with van der Waals surface area (Å²) in [7, 11) is 0. The van der Waals surface area contributed by atoms with Gasteiger partial charge in [-0.2, -0.15) is 0 Å². The van der Waals surface area contributed by atoms with E-state index in [-0.39, 0.29) is 5.76 Å². The van der Waals surface area contributed by atoms with E-state index in [0.29, 0.717) is 11.5 Å². The van der Waals surface area contributed by atoms with E-state index in [9.17, 15) is 4.79 Å². The van der Waals surface area contributed by atoms with E-state index < -0.39 is 5.97 Å². The number of para-hydroxylation sites is 1. The Morgan fingerprint density at radius 2 is 1.85 bits per heavy atom. The maximum atomic E-state index is 11.9. The number of furan rings is 1. The number of nitrogens with zero attached hydrogens (tertiary/aromatic N) is 1. The normalized spacial score (nSPS) is 10.2. The Kier molecular flexibility index (Phi) is 3.29. The number of rotatable bonds is 3. The van der Waals surface area contributed by atoms with Gasteiger partial charge >= 0.3 is 5.97 Å². The van der Waals surface area contributed by atoms with Gasteiger partial charge in [0.15, 0.2) is 0 Å². The molecule has 0 aliphatic carbocycles. The lowest BCUT2D eigenvalue weighted by Crippen LogP contribution is -2.06. The van der Waals surface area contributed by atoms with Gasteiger partial charge in [-0.05, 0) is 36.4 Å². The van der Waals surface area contributed by atoms with E-state index in [1.165, 1.54) is 0 Å². The standard InChI is InChI=1S/C16H11NO3/c18-16(19-13-6-2-1-3-7-13)15-9-8-14(20-15)12-5-4-10-17-11-12/h1-11H. The van der Waals surface area contributed by atoms with Crippen LogP contribution < -0.4 is 4.74 Å². The summed E-state index contributed by atoms with van der Waals surface area (Å²) < 4.78 is 10.7. The van der Waals surface area contributed by atoms with Gasteiger partial charge in [0.2, 0.25) is 5.76 Å². The zero-order valence-electron chi connectivity index (χ0n) is 10.5. The molecular weight excluding hydrogens is 254 g/mol. The van der Waals surface area contributed by atoms with E-state index in [2.05, 4.69) is 4.98 Å². The zero-order valence-corrected chi connectivity index (χ0v) is 10.5. The molecule has 1 aromatic carbocycles. The maximum Gasteiger partial charge on any atom is 0.379 e. The lowest BCUT2D eigenvalue weighted by atomic mass is 10.2. The average Bonchev–Trinajstić information content (AvgIpc) is 2.99. The molecule has 2 aromatic heterocycles. The van der Waals surface area contributed by atoms with Crippen molar-refractivity contribution in [1.29, 1.82) is 0 Å². The van der Waals surface area contributed by atoms with Crippen LogP contribution in [0.4, 0.5) is 0 Å². The zero-order chi connectivity index (χ0) is 13.8. The number of carbonyl (C=O) groups excluding carboxylic acids is 1. The number of aromatic nitrogens is 1. The highest BCUT2D eigenvalue weighted by molar-refractivity contribution is 5.88. The second-order valence-corrected chi connectivity index (χ2v) is 4.11. The molecule has 0 atom stereocenters. The van der Waals surface area contributed by atoms with Gasteiger partial charge in [-0.1, -0.05) is 18.2 Å². The summed E-state index contributed by atoms with van der Waals surface area (Å²) in [6, 6.07) is 15.8. The molecular formula is C16H11NO3. The summed E-state index contributed by atoms with van der Waals surface area (Å²) in [5, 5.41) is 0. The molecule has 0 aliphatic heterocycles. The van der Waals surface area contributed by atoms with Crippen molar-refractivity contribution in [1.82, 2.24) is 4.98 Å². The first-order chi connectivity index (χ1) is 9.83. The van der Waals surface area contributed by atoms with Gasteiger partial charge in [0.25, 0.3) is 0 Å². The lowest BCUT2D eigenvalue weighted by Gasteiger charge is -2.01. The van der Waals surface area contributed by atoms with Gasteiger partial charge in [-0.15, -0.1) is 0 Å². The second-order valence-electron chi connectivity index (χ2n) is 4.11. The third-order valence-corrected chi connectivity index (χ3v) is 2.71. The second kappa shape index (κ2) is 5.40. The molecule has 4 heteroatoms.